The van der Waals surface area contributed by atoms with Crippen LogP contribution < -0.4 is 5.32 Å². The van der Waals surface area contributed by atoms with E-state index in [9.17, 15) is 17.6 Å². The first-order valence-corrected chi connectivity index (χ1v) is 8.38. The van der Waals surface area contributed by atoms with Crippen molar-refractivity contribution in [1.29, 1.82) is 0 Å². The molecule has 1 aromatic rings. The van der Waals surface area contributed by atoms with Crippen LogP contribution in [0.4, 0.5) is 4.39 Å². The monoisotopic (exact) mass is 332 g/mol. The molecule has 0 unspecified atom stereocenters. The number of rotatable bonds is 9. The van der Waals surface area contributed by atoms with Crippen LogP contribution in [-0.4, -0.2) is 52.0 Å². The summed E-state index contributed by atoms with van der Waals surface area (Å²) in [6.45, 7) is 3.17. The maximum absolute atomic E-state index is 12.8. The second-order valence-electron chi connectivity index (χ2n) is 4.62. The minimum absolute atomic E-state index is 0.0551. The van der Waals surface area contributed by atoms with Gasteiger partial charge in [-0.3, -0.25) is 4.79 Å². The maximum Gasteiger partial charge on any atom is 0.243 e. The molecule has 0 fully saturated rings. The third-order valence-corrected chi connectivity index (χ3v) is 4.70. The van der Waals surface area contributed by atoms with E-state index in [4.69, 9.17) is 4.74 Å². The predicted octanol–water partition coefficient (Wildman–Crippen LogP) is 0.989. The highest BCUT2D eigenvalue weighted by molar-refractivity contribution is 7.89. The number of carbonyl (C=O) groups excluding carboxylic acids is 1. The van der Waals surface area contributed by atoms with Crippen molar-refractivity contribution in [2.75, 3.05) is 33.4 Å². The van der Waals surface area contributed by atoms with E-state index in [0.717, 1.165) is 16.4 Å². The summed E-state index contributed by atoms with van der Waals surface area (Å²) in [6, 6.07) is 4.46. The summed E-state index contributed by atoms with van der Waals surface area (Å²) in [7, 11) is -2.50. The van der Waals surface area contributed by atoms with E-state index in [1.807, 2.05) is 6.92 Å². The van der Waals surface area contributed by atoms with Gasteiger partial charge in [-0.25, -0.2) is 12.8 Å². The third kappa shape index (κ3) is 5.70. The Morgan fingerprint density at radius 3 is 2.55 bits per heavy atom. The van der Waals surface area contributed by atoms with Gasteiger partial charge in [-0.2, -0.15) is 4.31 Å². The van der Waals surface area contributed by atoms with Crippen molar-refractivity contribution >= 4 is 15.9 Å². The van der Waals surface area contributed by atoms with Crippen molar-refractivity contribution in [3.63, 3.8) is 0 Å². The number of hydrogen-bond acceptors (Lipinski definition) is 4. The Balaban J connectivity index is 2.51. The average molecular weight is 332 g/mol. The number of ether oxygens (including phenoxy) is 1. The number of nitrogens with one attached hydrogen (secondary N) is 1. The SMILES string of the molecule is CCOCCCNC(=O)CN(C)S(=O)(=O)c1ccc(F)cc1. The second-order valence-corrected chi connectivity index (χ2v) is 6.66. The van der Waals surface area contributed by atoms with Crippen LogP contribution >= 0.6 is 0 Å². The molecule has 22 heavy (non-hydrogen) atoms. The van der Waals surface area contributed by atoms with Gasteiger partial charge in [0.2, 0.25) is 15.9 Å². The molecule has 0 aliphatic heterocycles. The lowest BCUT2D eigenvalue weighted by Crippen LogP contribution is -2.38. The number of likely N-dealkylation sites (N-methyl/N-ethyl adjacent to an activating group) is 1. The number of hydrogen-bond donors (Lipinski definition) is 1. The van der Waals surface area contributed by atoms with E-state index in [1.165, 1.54) is 19.2 Å². The summed E-state index contributed by atoms with van der Waals surface area (Å²) >= 11 is 0. The van der Waals surface area contributed by atoms with Crippen LogP contribution in [0.2, 0.25) is 0 Å². The number of amides is 1. The van der Waals surface area contributed by atoms with Crippen molar-refractivity contribution in [3.8, 4) is 0 Å². The molecule has 0 bridgehead atoms. The van der Waals surface area contributed by atoms with Crippen molar-refractivity contribution in [1.82, 2.24) is 9.62 Å². The van der Waals surface area contributed by atoms with Gasteiger partial charge in [0.15, 0.2) is 0 Å². The summed E-state index contributed by atoms with van der Waals surface area (Å²) in [6.07, 6.45) is 0.661. The van der Waals surface area contributed by atoms with Crippen molar-refractivity contribution < 1.29 is 22.3 Å². The van der Waals surface area contributed by atoms with E-state index < -0.39 is 21.7 Å². The highest BCUT2D eigenvalue weighted by atomic mass is 32.2. The second kappa shape index (κ2) is 8.82. The van der Waals surface area contributed by atoms with E-state index in [-0.39, 0.29) is 11.4 Å². The van der Waals surface area contributed by atoms with Gasteiger partial charge in [0.05, 0.1) is 11.4 Å². The zero-order valence-electron chi connectivity index (χ0n) is 12.7. The van der Waals surface area contributed by atoms with Crippen LogP contribution in [0.5, 0.6) is 0 Å². The number of carbonyl (C=O) groups is 1. The fourth-order valence-corrected chi connectivity index (χ4v) is 2.80. The van der Waals surface area contributed by atoms with Crippen LogP contribution in [0.1, 0.15) is 13.3 Å². The fourth-order valence-electron chi connectivity index (χ4n) is 1.68. The lowest BCUT2D eigenvalue weighted by atomic mass is 10.4. The molecule has 1 rings (SSSR count). The zero-order chi connectivity index (χ0) is 16.6. The third-order valence-electron chi connectivity index (χ3n) is 2.88. The summed E-state index contributed by atoms with van der Waals surface area (Å²) in [4.78, 5) is 11.6. The molecule has 0 spiro atoms. The molecule has 0 heterocycles. The topological polar surface area (TPSA) is 75.7 Å². The first-order valence-electron chi connectivity index (χ1n) is 6.94. The van der Waals surface area contributed by atoms with Crippen LogP contribution in [-0.2, 0) is 19.6 Å². The Hall–Kier alpha value is -1.51. The van der Waals surface area contributed by atoms with Gasteiger partial charge in [0.25, 0.3) is 0 Å². The molecule has 124 valence electrons. The maximum atomic E-state index is 12.8. The molecule has 6 nitrogen and oxygen atoms in total. The molecule has 0 aliphatic rings. The van der Waals surface area contributed by atoms with Gasteiger partial charge in [-0.1, -0.05) is 0 Å². The molecule has 0 radical (unpaired) electrons. The van der Waals surface area contributed by atoms with Gasteiger partial charge in [-0.05, 0) is 37.6 Å². The van der Waals surface area contributed by atoms with Crippen molar-refractivity contribution in [2.45, 2.75) is 18.2 Å². The summed E-state index contributed by atoms with van der Waals surface area (Å²) in [5, 5.41) is 2.62. The molecule has 0 aliphatic carbocycles. The summed E-state index contributed by atoms with van der Waals surface area (Å²) in [5.41, 5.74) is 0. The van der Waals surface area contributed by atoms with Gasteiger partial charge >= 0.3 is 0 Å². The Kier molecular flexibility index (Phi) is 7.43. The Morgan fingerprint density at radius 2 is 1.95 bits per heavy atom. The van der Waals surface area contributed by atoms with Gasteiger partial charge in [0, 0.05) is 26.8 Å². The van der Waals surface area contributed by atoms with Crippen molar-refractivity contribution in [2.24, 2.45) is 0 Å². The zero-order valence-corrected chi connectivity index (χ0v) is 13.5. The molecule has 1 aromatic carbocycles. The first kappa shape index (κ1) is 18.5. The number of halogens is 1. The molecule has 0 saturated carbocycles. The minimum atomic E-state index is -3.81. The van der Waals surface area contributed by atoms with Crippen LogP contribution in [0, 0.1) is 5.82 Å². The Labute approximate surface area is 130 Å². The van der Waals surface area contributed by atoms with Gasteiger partial charge < -0.3 is 10.1 Å². The predicted molar refractivity (Wildman–Crippen MR) is 80.3 cm³/mol. The Bertz CT molecular complexity index is 575. The number of benzene rings is 1. The molecule has 0 aromatic heterocycles. The standard InChI is InChI=1S/C14H21FN2O4S/c1-3-21-10-4-9-16-14(18)11-17(2)22(19,20)13-7-5-12(15)6-8-13/h5-8H,3-4,9-11H2,1-2H3,(H,16,18). The van der Waals surface area contributed by atoms with E-state index >= 15 is 0 Å². The summed E-state index contributed by atoms with van der Waals surface area (Å²) in [5.74, 6) is -0.918. The van der Waals surface area contributed by atoms with Crippen LogP contribution in [0.3, 0.4) is 0 Å². The lowest BCUT2D eigenvalue weighted by molar-refractivity contribution is -0.121. The molecule has 8 heteroatoms. The van der Waals surface area contributed by atoms with Gasteiger partial charge in [0.1, 0.15) is 5.82 Å². The smallest absolute Gasteiger partial charge is 0.243 e. The average Bonchev–Trinajstić information content (AvgIpc) is 2.47. The molecule has 0 atom stereocenters. The molecule has 1 N–H and O–H groups in total. The first-order chi connectivity index (χ1) is 10.4. The Morgan fingerprint density at radius 1 is 1.32 bits per heavy atom. The van der Waals surface area contributed by atoms with Crippen LogP contribution in [0.15, 0.2) is 29.2 Å². The van der Waals surface area contributed by atoms with E-state index in [2.05, 4.69) is 5.32 Å². The summed E-state index contributed by atoms with van der Waals surface area (Å²) < 4.78 is 43.3. The fraction of sp³-hybridized carbons (Fsp3) is 0.500. The van der Waals surface area contributed by atoms with E-state index in [1.54, 1.807) is 0 Å². The normalized spacial score (nSPS) is 11.6. The van der Waals surface area contributed by atoms with Gasteiger partial charge in [-0.15, -0.1) is 0 Å². The van der Waals surface area contributed by atoms with Crippen molar-refractivity contribution in [3.05, 3.63) is 30.1 Å². The molecular weight excluding hydrogens is 311 g/mol. The number of sulfonamides is 1. The molecular formula is C14H21FN2O4S. The quantitative estimate of drug-likeness (QED) is 0.684. The highest BCUT2D eigenvalue weighted by Crippen LogP contribution is 2.14. The minimum Gasteiger partial charge on any atom is -0.382 e. The largest absolute Gasteiger partial charge is 0.382 e. The number of nitrogens with zero attached hydrogens (tertiary/aromatic N) is 1. The molecule has 0 saturated heterocycles. The lowest BCUT2D eigenvalue weighted by Gasteiger charge is -2.16. The molecule has 1 amide bonds. The van der Waals surface area contributed by atoms with E-state index in [0.29, 0.717) is 26.2 Å². The van der Waals surface area contributed by atoms with Crippen LogP contribution in [0.25, 0.3) is 0 Å². The highest BCUT2D eigenvalue weighted by Gasteiger charge is 2.22.